The van der Waals surface area contributed by atoms with Crippen molar-refractivity contribution in [2.24, 2.45) is 47.5 Å². The molecule has 0 unspecified atom stereocenters. The Labute approximate surface area is 422 Å². The van der Waals surface area contributed by atoms with E-state index in [1.165, 1.54) is 0 Å². The summed E-state index contributed by atoms with van der Waals surface area (Å²) in [5.41, 5.74) is 1.77. The van der Waals surface area contributed by atoms with Gasteiger partial charge in [-0.3, -0.25) is 19.8 Å². The Hall–Kier alpha value is -3.09. The summed E-state index contributed by atoms with van der Waals surface area (Å²) in [7, 11) is 29.3. The van der Waals surface area contributed by atoms with Gasteiger partial charge in [0.25, 0.3) is 0 Å². The second kappa shape index (κ2) is 36.8. The van der Waals surface area contributed by atoms with E-state index >= 15 is 0 Å². The Balaban J connectivity index is -0.000000104. The van der Waals surface area contributed by atoms with Crippen LogP contribution in [-0.4, -0.2) is 207 Å². The number of nitrogens with zero attached hydrogens (tertiary/aromatic N) is 11. The normalized spacial score (nSPS) is 12.1. The van der Waals surface area contributed by atoms with Crippen molar-refractivity contribution in [2.75, 3.05) is 138 Å². The van der Waals surface area contributed by atoms with Gasteiger partial charge in [0.05, 0.1) is 11.7 Å². The summed E-state index contributed by atoms with van der Waals surface area (Å²) < 4.78 is 0. The predicted octanol–water partition coefficient (Wildman–Crippen LogP) is 11.6. The number of amides is 3. The molecule has 0 spiro atoms. The lowest BCUT2D eigenvalue weighted by molar-refractivity contribution is -0.128. The molecule has 0 aromatic rings. The van der Waals surface area contributed by atoms with E-state index in [0.29, 0.717) is 21.7 Å². The van der Waals surface area contributed by atoms with Crippen molar-refractivity contribution < 1.29 is 9.59 Å². The highest BCUT2D eigenvalue weighted by atomic mass is 16.2. The van der Waals surface area contributed by atoms with Gasteiger partial charge >= 0.3 is 6.03 Å². The number of amidine groups is 2. The highest BCUT2D eigenvalue weighted by Crippen LogP contribution is 2.20. The van der Waals surface area contributed by atoms with Gasteiger partial charge in [-0.1, -0.05) is 139 Å². The number of rotatable bonds is 6. The van der Waals surface area contributed by atoms with E-state index in [1.807, 2.05) is 87.2 Å². The molecule has 0 aromatic carbocycles. The highest BCUT2D eigenvalue weighted by molar-refractivity contribution is 5.82. The second-order valence-corrected chi connectivity index (χ2v) is 25.8. The van der Waals surface area contributed by atoms with E-state index in [0.717, 1.165) is 56.8 Å². The lowest BCUT2D eigenvalue weighted by Crippen LogP contribution is -2.42. The molecule has 0 radical (unpaired) electrons. The fourth-order valence-electron chi connectivity index (χ4n) is 5.79. The smallest absolute Gasteiger partial charge is 0.319 e. The molecular formula is C54H125N11O2. The molecule has 0 fully saturated rings. The molecule has 0 N–H and O–H groups in total. The zero-order valence-electron chi connectivity index (χ0n) is 50.5. The standard InChI is InChI=1S/C10H23N3.C9H20N2O.2C9H20N2.C8H17NO.C7H17N.2CH4/c1-10(2,3)8-13(7)9(11-4)12(5)6;1-9(2,3)7-11(6)8(12)10(4)5;1-9(2,3)7-8(10-4)11(5)6;1-8(11(5)6)10-7-9(2,3)4;1-7(10)9(5)6-8(2,3)4;1-7(2,3)6-8(4)5;;/h8H2,1-7H3;7H2,1-6H3;2*7H2,1-6H3;6H2,1-5H3;6H2,1-5H3;2*1H4. The molecule has 3 amide bonds. The van der Waals surface area contributed by atoms with Crippen molar-refractivity contribution in [1.82, 2.24) is 39.2 Å². The number of carbonyl (C=O) groups is 2. The van der Waals surface area contributed by atoms with Crippen LogP contribution in [0.3, 0.4) is 0 Å². The topological polar surface area (TPSA) is 97.1 Å². The van der Waals surface area contributed by atoms with Gasteiger partial charge in [0, 0.05) is 138 Å². The Bertz CT molecular complexity index is 1320. The maximum Gasteiger partial charge on any atom is 0.319 e. The largest absolute Gasteiger partial charge is 0.367 e. The summed E-state index contributed by atoms with van der Waals surface area (Å²) >= 11 is 0. The molecule has 13 nitrogen and oxygen atoms in total. The first-order valence-corrected chi connectivity index (χ1v) is 23.4. The highest BCUT2D eigenvalue weighted by Gasteiger charge is 2.19. The summed E-state index contributed by atoms with van der Waals surface area (Å²) in [4.78, 5) is 50.6. The van der Waals surface area contributed by atoms with Gasteiger partial charge in [0.1, 0.15) is 0 Å². The fourth-order valence-corrected chi connectivity index (χ4v) is 5.79. The summed E-state index contributed by atoms with van der Waals surface area (Å²) in [5, 5.41) is 0. The van der Waals surface area contributed by atoms with Crippen LogP contribution in [0.25, 0.3) is 0 Å². The van der Waals surface area contributed by atoms with Crippen LogP contribution in [0, 0.1) is 32.5 Å². The van der Waals surface area contributed by atoms with Gasteiger partial charge in [-0.25, -0.2) is 4.79 Å². The van der Waals surface area contributed by atoms with Crippen LogP contribution in [-0.2, 0) is 4.79 Å². The van der Waals surface area contributed by atoms with Crippen molar-refractivity contribution in [3.63, 3.8) is 0 Å². The summed E-state index contributed by atoms with van der Waals surface area (Å²) in [6.45, 7) is 47.7. The first-order valence-electron chi connectivity index (χ1n) is 23.4. The quantitative estimate of drug-likeness (QED) is 0.193. The van der Waals surface area contributed by atoms with Crippen LogP contribution in [0.15, 0.2) is 15.0 Å². The van der Waals surface area contributed by atoms with Gasteiger partial charge < -0.3 is 39.2 Å². The summed E-state index contributed by atoms with van der Waals surface area (Å²) in [6, 6.07) is 0.0601. The maximum atomic E-state index is 11.4. The zero-order valence-corrected chi connectivity index (χ0v) is 50.5. The number of hydrogen-bond donors (Lipinski definition) is 0. The predicted molar refractivity (Wildman–Crippen MR) is 307 cm³/mol. The molecule has 0 rings (SSSR count). The van der Waals surface area contributed by atoms with Gasteiger partial charge in [0.2, 0.25) is 5.91 Å². The minimum Gasteiger partial charge on any atom is -0.367 e. The van der Waals surface area contributed by atoms with Crippen molar-refractivity contribution in [1.29, 1.82) is 0 Å². The first-order chi connectivity index (χ1) is 28.4. The van der Waals surface area contributed by atoms with Gasteiger partial charge in [-0.2, -0.15) is 0 Å². The van der Waals surface area contributed by atoms with Crippen LogP contribution in [0.1, 0.15) is 160 Å². The van der Waals surface area contributed by atoms with Crippen LogP contribution in [0.2, 0.25) is 0 Å². The fraction of sp³-hybridized carbons (Fsp3) is 0.907. The van der Waals surface area contributed by atoms with Gasteiger partial charge in [-0.05, 0) is 53.5 Å². The number of hydrogen-bond acceptors (Lipinski definition) is 6. The minimum atomic E-state index is 0. The second-order valence-electron chi connectivity index (χ2n) is 25.8. The molecule has 13 heteroatoms. The number of urea groups is 1. The van der Waals surface area contributed by atoms with Crippen molar-refractivity contribution in [3.05, 3.63) is 0 Å². The van der Waals surface area contributed by atoms with E-state index in [9.17, 15) is 9.59 Å². The summed E-state index contributed by atoms with van der Waals surface area (Å²) in [6.07, 6.45) is 1.04. The SMILES string of the molecule is C.C.CC(=NCC(C)(C)C)N(C)C.CC(=O)N(C)CC(C)(C)C.CN(C)C(=O)N(C)CC(C)(C)C.CN(C)CC(C)(C)C.CN=C(CC(C)(C)C)N(C)C.CN=C(N(C)C)N(C)CC(C)(C)C. The van der Waals surface area contributed by atoms with E-state index in [4.69, 9.17) is 0 Å². The molecule has 0 saturated carbocycles. The minimum absolute atomic E-state index is 0. The maximum absolute atomic E-state index is 11.4. The Morgan fingerprint density at radius 2 is 0.746 bits per heavy atom. The van der Waals surface area contributed by atoms with Gasteiger partial charge in [0.15, 0.2) is 5.96 Å². The third-order valence-corrected chi connectivity index (χ3v) is 8.01. The van der Waals surface area contributed by atoms with E-state index in [-0.39, 0.29) is 37.6 Å². The van der Waals surface area contributed by atoms with Crippen LogP contribution in [0.4, 0.5) is 4.79 Å². The van der Waals surface area contributed by atoms with Crippen LogP contribution in [0.5, 0.6) is 0 Å². The Morgan fingerprint density at radius 1 is 0.403 bits per heavy atom. The van der Waals surface area contributed by atoms with E-state index in [1.54, 1.807) is 35.7 Å². The molecule has 0 atom stereocenters. The Kier molecular flexibility index (Phi) is 44.5. The van der Waals surface area contributed by atoms with E-state index < -0.39 is 0 Å². The molecule has 408 valence electrons. The molecular weight excluding hydrogens is 835 g/mol. The van der Waals surface area contributed by atoms with Crippen LogP contribution >= 0.6 is 0 Å². The molecule has 0 aromatic heterocycles. The molecule has 67 heavy (non-hydrogen) atoms. The average Bonchev–Trinajstić information content (AvgIpc) is 3.02. The molecule has 0 heterocycles. The lowest BCUT2D eigenvalue weighted by Gasteiger charge is -2.31. The molecule has 0 aliphatic heterocycles. The van der Waals surface area contributed by atoms with Gasteiger partial charge in [-0.15, -0.1) is 0 Å². The molecule has 0 aliphatic carbocycles. The number of aliphatic imine (C=N–C) groups is 3. The van der Waals surface area contributed by atoms with Crippen molar-refractivity contribution in [2.45, 2.75) is 160 Å². The van der Waals surface area contributed by atoms with Crippen LogP contribution < -0.4 is 0 Å². The number of carbonyl (C=O) groups excluding carboxylic acids is 2. The monoisotopic (exact) mass is 960 g/mol. The summed E-state index contributed by atoms with van der Waals surface area (Å²) in [5.74, 6) is 3.42. The van der Waals surface area contributed by atoms with Crippen molar-refractivity contribution >= 4 is 29.6 Å². The molecule has 0 aliphatic rings. The third-order valence-electron chi connectivity index (χ3n) is 8.01. The van der Waals surface area contributed by atoms with E-state index in [2.05, 4.69) is 175 Å². The lowest BCUT2D eigenvalue weighted by atomic mass is 9.91. The molecule has 0 saturated heterocycles. The Morgan fingerprint density at radius 3 is 0.910 bits per heavy atom. The van der Waals surface area contributed by atoms with Crippen molar-refractivity contribution in [3.8, 4) is 0 Å². The third kappa shape index (κ3) is 65.0. The number of guanidine groups is 1. The average molecular weight is 961 g/mol. The first kappa shape index (κ1) is 80.9. The zero-order chi connectivity index (χ0) is 53.9. The molecule has 0 bridgehead atoms.